The van der Waals surface area contributed by atoms with Gasteiger partial charge in [-0.1, -0.05) is 6.07 Å². The fraction of sp³-hybridized carbons (Fsp3) is 0.500. The number of carbonyl (C=O) groups is 1. The SMILES string of the molecule is COC(=O)CC(NS(=O)(=O)c1cccc(C(F)(F)F)c1)C1CC1. The highest BCUT2D eigenvalue weighted by molar-refractivity contribution is 7.89. The van der Waals surface area contributed by atoms with Gasteiger partial charge in [-0.2, -0.15) is 13.2 Å². The largest absolute Gasteiger partial charge is 0.469 e. The summed E-state index contributed by atoms with van der Waals surface area (Å²) in [5.74, 6) is -0.580. The van der Waals surface area contributed by atoms with Gasteiger partial charge in [-0.05, 0) is 37.0 Å². The van der Waals surface area contributed by atoms with E-state index in [0.717, 1.165) is 31.0 Å². The van der Waals surface area contributed by atoms with E-state index in [-0.39, 0.29) is 12.3 Å². The van der Waals surface area contributed by atoms with Gasteiger partial charge in [0, 0.05) is 6.04 Å². The first-order valence-corrected chi connectivity index (χ1v) is 8.38. The van der Waals surface area contributed by atoms with Crippen molar-refractivity contribution < 1.29 is 31.1 Å². The number of halogens is 3. The van der Waals surface area contributed by atoms with Crippen LogP contribution in [-0.2, 0) is 25.7 Å². The minimum atomic E-state index is -4.63. The lowest BCUT2D eigenvalue weighted by Crippen LogP contribution is -2.38. The number of alkyl halides is 3. The van der Waals surface area contributed by atoms with E-state index in [0.29, 0.717) is 6.07 Å². The van der Waals surface area contributed by atoms with E-state index in [1.165, 1.54) is 7.11 Å². The molecule has 23 heavy (non-hydrogen) atoms. The minimum Gasteiger partial charge on any atom is -0.469 e. The number of carbonyl (C=O) groups excluding carboxylic acids is 1. The Kier molecular flexibility index (Phi) is 5.00. The third kappa shape index (κ3) is 4.68. The Labute approximate surface area is 131 Å². The summed E-state index contributed by atoms with van der Waals surface area (Å²) in [6.45, 7) is 0. The molecule has 2 rings (SSSR count). The molecule has 1 N–H and O–H groups in total. The molecule has 5 nitrogen and oxygen atoms in total. The van der Waals surface area contributed by atoms with Gasteiger partial charge < -0.3 is 4.74 Å². The Morgan fingerprint density at radius 1 is 1.39 bits per heavy atom. The number of methoxy groups -OCH3 is 1. The van der Waals surface area contributed by atoms with Crippen LogP contribution in [0.25, 0.3) is 0 Å². The van der Waals surface area contributed by atoms with Crippen molar-refractivity contribution in [1.82, 2.24) is 4.72 Å². The predicted octanol–water partition coefficient (Wildman–Crippen LogP) is 2.33. The fourth-order valence-electron chi connectivity index (χ4n) is 2.17. The van der Waals surface area contributed by atoms with Crippen LogP contribution in [0.5, 0.6) is 0 Å². The quantitative estimate of drug-likeness (QED) is 0.799. The predicted molar refractivity (Wildman–Crippen MR) is 74.9 cm³/mol. The highest BCUT2D eigenvalue weighted by atomic mass is 32.2. The van der Waals surface area contributed by atoms with Crippen molar-refractivity contribution in [2.24, 2.45) is 5.92 Å². The first-order chi connectivity index (χ1) is 10.6. The molecule has 1 aromatic rings. The molecule has 128 valence electrons. The van der Waals surface area contributed by atoms with E-state index < -0.39 is 38.7 Å². The zero-order chi connectivity index (χ0) is 17.3. The molecule has 9 heteroatoms. The lowest BCUT2D eigenvalue weighted by molar-refractivity contribution is -0.141. The van der Waals surface area contributed by atoms with Crippen molar-refractivity contribution in [2.75, 3.05) is 7.11 Å². The van der Waals surface area contributed by atoms with Crippen molar-refractivity contribution >= 4 is 16.0 Å². The molecule has 0 bridgehead atoms. The molecule has 1 fully saturated rings. The molecule has 0 saturated heterocycles. The van der Waals surface area contributed by atoms with Gasteiger partial charge in [0.15, 0.2) is 0 Å². The van der Waals surface area contributed by atoms with E-state index in [4.69, 9.17) is 0 Å². The smallest absolute Gasteiger partial charge is 0.416 e. The molecule has 1 atom stereocenters. The molecule has 1 unspecified atom stereocenters. The maximum absolute atomic E-state index is 12.7. The highest BCUT2D eigenvalue weighted by Gasteiger charge is 2.37. The molecule has 0 aliphatic heterocycles. The summed E-state index contributed by atoms with van der Waals surface area (Å²) in [5, 5.41) is 0. The second-order valence-electron chi connectivity index (χ2n) is 5.37. The standard InChI is InChI=1S/C14H16F3NO4S/c1-22-13(19)8-12(9-5-6-9)18-23(20,21)11-4-2-3-10(7-11)14(15,16)17/h2-4,7,9,12,18H,5-6,8H2,1H3. The maximum Gasteiger partial charge on any atom is 0.416 e. The van der Waals surface area contributed by atoms with E-state index >= 15 is 0 Å². The topological polar surface area (TPSA) is 72.5 Å². The van der Waals surface area contributed by atoms with E-state index in [9.17, 15) is 26.4 Å². The summed E-state index contributed by atoms with van der Waals surface area (Å²) in [4.78, 5) is 10.9. The van der Waals surface area contributed by atoms with E-state index in [1.807, 2.05) is 0 Å². The summed E-state index contributed by atoms with van der Waals surface area (Å²) in [7, 11) is -2.97. The van der Waals surface area contributed by atoms with Crippen molar-refractivity contribution in [2.45, 2.75) is 36.4 Å². The summed E-state index contributed by atoms with van der Waals surface area (Å²) in [6, 6.07) is 2.81. The molecule has 1 saturated carbocycles. The van der Waals surface area contributed by atoms with Crippen molar-refractivity contribution in [3.05, 3.63) is 29.8 Å². The van der Waals surface area contributed by atoms with Gasteiger partial charge in [0.25, 0.3) is 0 Å². The van der Waals surface area contributed by atoms with Crippen LogP contribution in [0.2, 0.25) is 0 Å². The summed E-state index contributed by atoms with van der Waals surface area (Å²) < 4.78 is 69.5. The Morgan fingerprint density at radius 2 is 2.04 bits per heavy atom. The Morgan fingerprint density at radius 3 is 2.57 bits per heavy atom. The van der Waals surface area contributed by atoms with Crippen LogP contribution in [0.4, 0.5) is 13.2 Å². The molecule has 1 aliphatic carbocycles. The molecular formula is C14H16F3NO4S. The number of sulfonamides is 1. The molecule has 1 aromatic carbocycles. The van der Waals surface area contributed by atoms with Gasteiger partial charge in [0.2, 0.25) is 10.0 Å². The first kappa shape index (κ1) is 17.7. The lowest BCUT2D eigenvalue weighted by Gasteiger charge is -2.17. The number of rotatable bonds is 6. The monoisotopic (exact) mass is 351 g/mol. The number of esters is 1. The molecular weight excluding hydrogens is 335 g/mol. The van der Waals surface area contributed by atoms with Crippen molar-refractivity contribution in [1.29, 1.82) is 0 Å². The van der Waals surface area contributed by atoms with Crippen molar-refractivity contribution in [3.63, 3.8) is 0 Å². The maximum atomic E-state index is 12.7. The van der Waals surface area contributed by atoms with Gasteiger partial charge in [0.05, 0.1) is 24.0 Å². The van der Waals surface area contributed by atoms with Crippen molar-refractivity contribution in [3.8, 4) is 0 Å². The van der Waals surface area contributed by atoms with Crippen LogP contribution in [0.3, 0.4) is 0 Å². The second-order valence-corrected chi connectivity index (χ2v) is 7.09. The molecule has 0 heterocycles. The molecule has 1 aliphatic rings. The molecule has 0 radical (unpaired) electrons. The zero-order valence-electron chi connectivity index (χ0n) is 12.3. The fourth-order valence-corrected chi connectivity index (χ4v) is 3.52. The summed E-state index contributed by atoms with van der Waals surface area (Å²) in [5.41, 5.74) is -1.05. The number of benzene rings is 1. The normalized spacial score (nSPS) is 16.9. The lowest BCUT2D eigenvalue weighted by atomic mass is 10.1. The van der Waals surface area contributed by atoms with Gasteiger partial charge in [0.1, 0.15) is 0 Å². The Hall–Kier alpha value is -1.61. The second kappa shape index (κ2) is 6.48. The van der Waals surface area contributed by atoms with Crippen LogP contribution in [0.15, 0.2) is 29.2 Å². The van der Waals surface area contributed by atoms with Crippen LogP contribution in [-0.4, -0.2) is 27.5 Å². The third-order valence-corrected chi connectivity index (χ3v) is 5.07. The Bertz CT molecular complexity index is 684. The number of hydrogen-bond donors (Lipinski definition) is 1. The van der Waals surface area contributed by atoms with Crippen LogP contribution < -0.4 is 4.72 Å². The number of nitrogens with one attached hydrogen (secondary N) is 1. The minimum absolute atomic E-state index is 0.00493. The average molecular weight is 351 g/mol. The van der Waals surface area contributed by atoms with Gasteiger partial charge in [-0.15, -0.1) is 0 Å². The van der Waals surface area contributed by atoms with Gasteiger partial charge in [-0.3, -0.25) is 4.79 Å². The summed E-state index contributed by atoms with van der Waals surface area (Å²) in [6.07, 6.45) is -3.27. The van der Waals surface area contributed by atoms with E-state index in [1.54, 1.807) is 0 Å². The number of hydrogen-bond acceptors (Lipinski definition) is 4. The molecule has 0 aromatic heterocycles. The average Bonchev–Trinajstić information content (AvgIpc) is 3.30. The molecule has 0 spiro atoms. The third-order valence-electron chi connectivity index (χ3n) is 3.58. The van der Waals surface area contributed by atoms with Gasteiger partial charge >= 0.3 is 12.1 Å². The Balaban J connectivity index is 2.22. The van der Waals surface area contributed by atoms with Crippen LogP contribution >= 0.6 is 0 Å². The zero-order valence-corrected chi connectivity index (χ0v) is 13.1. The van der Waals surface area contributed by atoms with Gasteiger partial charge in [-0.25, -0.2) is 13.1 Å². The highest BCUT2D eigenvalue weighted by Crippen LogP contribution is 2.35. The number of ether oxygens (including phenoxy) is 1. The van der Waals surface area contributed by atoms with E-state index in [2.05, 4.69) is 9.46 Å². The molecule has 0 amide bonds. The summed E-state index contributed by atoms with van der Waals surface area (Å²) >= 11 is 0. The van der Waals surface area contributed by atoms with Crippen LogP contribution in [0, 0.1) is 5.92 Å². The first-order valence-electron chi connectivity index (χ1n) is 6.90. The van der Waals surface area contributed by atoms with Crippen LogP contribution in [0.1, 0.15) is 24.8 Å².